The van der Waals surface area contributed by atoms with Crippen LogP contribution >= 0.6 is 0 Å². The Kier molecular flexibility index (Phi) is 8.28. The summed E-state index contributed by atoms with van der Waals surface area (Å²) in [7, 11) is 1.38. The summed E-state index contributed by atoms with van der Waals surface area (Å²) in [5, 5.41) is 0.763. The highest BCUT2D eigenvalue weighted by Gasteiger charge is 2.25. The van der Waals surface area contributed by atoms with Crippen molar-refractivity contribution in [2.24, 2.45) is 0 Å². The van der Waals surface area contributed by atoms with Crippen LogP contribution in [-0.2, 0) is 9.47 Å². The number of esters is 1. The van der Waals surface area contributed by atoms with Crippen molar-refractivity contribution >= 4 is 23.0 Å². The summed E-state index contributed by atoms with van der Waals surface area (Å²) in [5.41, 5.74) is 2.79. The summed E-state index contributed by atoms with van der Waals surface area (Å²) in [6.45, 7) is 10.3. The Morgan fingerprint density at radius 3 is 2.32 bits per heavy atom. The molecule has 2 heterocycles. The van der Waals surface area contributed by atoms with E-state index in [2.05, 4.69) is 9.88 Å². The lowest BCUT2D eigenvalue weighted by atomic mass is 10.0. The molecule has 1 aliphatic heterocycles. The number of piperazine rings is 1. The van der Waals surface area contributed by atoms with E-state index in [1.165, 1.54) is 7.11 Å². The van der Waals surface area contributed by atoms with E-state index in [9.17, 15) is 9.59 Å². The van der Waals surface area contributed by atoms with Gasteiger partial charge in [0.25, 0.3) is 0 Å². The second-order valence-electron chi connectivity index (χ2n) is 10.1. The number of rotatable bonds is 7. The highest BCUT2D eigenvalue weighted by Crippen LogP contribution is 2.27. The third-order valence-corrected chi connectivity index (χ3v) is 6.25. The standard InChI is InChI=1S/C29H35N3O5/c1-29(2,3)37-28(34)32-17-15-31(16-18-32)14-5-19-36-23-9-6-21(7-10-23)22-8-11-26-25(20-22)24(12-13-30-26)27(33)35-4/h6-13,20H,5,14-19H2,1-4H3. The van der Waals surface area contributed by atoms with Crippen LogP contribution in [0.15, 0.2) is 54.7 Å². The van der Waals surface area contributed by atoms with Gasteiger partial charge in [0.05, 0.1) is 24.8 Å². The summed E-state index contributed by atoms with van der Waals surface area (Å²) < 4.78 is 16.3. The first kappa shape index (κ1) is 26.4. The zero-order valence-electron chi connectivity index (χ0n) is 22.0. The molecule has 1 amide bonds. The van der Waals surface area contributed by atoms with E-state index in [0.29, 0.717) is 25.3 Å². The molecule has 1 saturated heterocycles. The maximum atomic E-state index is 12.2. The lowest BCUT2D eigenvalue weighted by molar-refractivity contribution is 0.0142. The van der Waals surface area contributed by atoms with Crippen molar-refractivity contribution in [3.63, 3.8) is 0 Å². The average molecular weight is 506 g/mol. The molecule has 8 heteroatoms. The van der Waals surface area contributed by atoms with Gasteiger partial charge in [-0.25, -0.2) is 9.59 Å². The molecule has 2 aromatic carbocycles. The largest absolute Gasteiger partial charge is 0.494 e. The molecule has 1 aliphatic rings. The van der Waals surface area contributed by atoms with Crippen molar-refractivity contribution < 1.29 is 23.8 Å². The Labute approximate surface area is 218 Å². The first-order chi connectivity index (χ1) is 17.7. The fraction of sp³-hybridized carbons (Fsp3) is 0.414. The van der Waals surface area contributed by atoms with Crippen molar-refractivity contribution in [3.05, 3.63) is 60.3 Å². The molecule has 8 nitrogen and oxygen atoms in total. The van der Waals surface area contributed by atoms with Gasteiger partial charge in [0.15, 0.2) is 0 Å². The Morgan fingerprint density at radius 1 is 0.946 bits per heavy atom. The van der Waals surface area contributed by atoms with Gasteiger partial charge in [0.1, 0.15) is 11.4 Å². The van der Waals surface area contributed by atoms with Crippen molar-refractivity contribution in [2.45, 2.75) is 32.8 Å². The van der Waals surface area contributed by atoms with E-state index in [-0.39, 0.29) is 12.1 Å². The van der Waals surface area contributed by atoms with Crippen LogP contribution in [0.2, 0.25) is 0 Å². The maximum absolute atomic E-state index is 12.2. The fourth-order valence-corrected chi connectivity index (χ4v) is 4.32. The minimum absolute atomic E-state index is 0.233. The summed E-state index contributed by atoms with van der Waals surface area (Å²) in [5.74, 6) is 0.439. The molecule has 0 radical (unpaired) electrons. The van der Waals surface area contributed by atoms with Gasteiger partial charge in [0, 0.05) is 44.3 Å². The van der Waals surface area contributed by atoms with E-state index >= 15 is 0 Å². The second kappa shape index (κ2) is 11.6. The number of benzene rings is 2. The van der Waals surface area contributed by atoms with Crippen LogP contribution in [0.3, 0.4) is 0 Å². The van der Waals surface area contributed by atoms with Gasteiger partial charge in [-0.1, -0.05) is 18.2 Å². The molecule has 0 atom stereocenters. The second-order valence-corrected chi connectivity index (χ2v) is 10.1. The first-order valence-corrected chi connectivity index (χ1v) is 12.6. The van der Waals surface area contributed by atoms with E-state index in [1.807, 2.05) is 63.2 Å². The number of amides is 1. The third-order valence-electron chi connectivity index (χ3n) is 6.25. The average Bonchev–Trinajstić information content (AvgIpc) is 2.89. The Bertz CT molecular complexity index is 1230. The lowest BCUT2D eigenvalue weighted by Crippen LogP contribution is -2.50. The normalized spacial score (nSPS) is 14.4. The van der Waals surface area contributed by atoms with Gasteiger partial charge in [0.2, 0.25) is 0 Å². The molecular formula is C29H35N3O5. The number of carbonyl (C=O) groups excluding carboxylic acids is 2. The number of ether oxygens (including phenoxy) is 3. The molecule has 0 aliphatic carbocycles. The molecule has 0 N–H and O–H groups in total. The molecule has 0 spiro atoms. The van der Waals surface area contributed by atoms with Crippen LogP contribution in [0, 0.1) is 0 Å². The number of carbonyl (C=O) groups is 2. The van der Waals surface area contributed by atoms with Crippen LogP contribution in [0.4, 0.5) is 4.79 Å². The Balaban J connectivity index is 1.25. The predicted molar refractivity (Wildman–Crippen MR) is 143 cm³/mol. The number of fused-ring (bicyclic) bond motifs is 1. The number of methoxy groups -OCH3 is 1. The number of nitrogens with zero attached hydrogens (tertiary/aromatic N) is 3. The van der Waals surface area contributed by atoms with Gasteiger partial charge < -0.3 is 19.1 Å². The van der Waals surface area contributed by atoms with Gasteiger partial charge >= 0.3 is 12.1 Å². The number of pyridine rings is 1. The molecule has 4 rings (SSSR count). The lowest BCUT2D eigenvalue weighted by Gasteiger charge is -2.35. The van der Waals surface area contributed by atoms with E-state index in [1.54, 1.807) is 17.2 Å². The molecule has 1 aromatic heterocycles. The molecule has 1 fully saturated rings. The molecule has 196 valence electrons. The predicted octanol–water partition coefficient (Wildman–Crippen LogP) is 5.01. The third kappa shape index (κ3) is 6.98. The van der Waals surface area contributed by atoms with Crippen molar-refractivity contribution in [1.29, 1.82) is 0 Å². The van der Waals surface area contributed by atoms with E-state index in [0.717, 1.165) is 53.8 Å². The molecule has 0 saturated carbocycles. The van der Waals surface area contributed by atoms with Crippen molar-refractivity contribution in [2.75, 3.05) is 46.4 Å². The highest BCUT2D eigenvalue weighted by atomic mass is 16.6. The quantitative estimate of drug-likeness (QED) is 0.330. The van der Waals surface area contributed by atoms with E-state index in [4.69, 9.17) is 14.2 Å². The van der Waals surface area contributed by atoms with Gasteiger partial charge in [-0.05, 0) is 68.7 Å². The van der Waals surface area contributed by atoms with E-state index < -0.39 is 5.60 Å². The monoisotopic (exact) mass is 505 g/mol. The summed E-state index contributed by atoms with van der Waals surface area (Å²) >= 11 is 0. The summed E-state index contributed by atoms with van der Waals surface area (Å²) in [6.07, 6.45) is 2.29. The number of hydrogen-bond acceptors (Lipinski definition) is 7. The van der Waals surface area contributed by atoms with Gasteiger partial charge in [-0.3, -0.25) is 9.88 Å². The molecule has 3 aromatic rings. The smallest absolute Gasteiger partial charge is 0.410 e. The van der Waals surface area contributed by atoms with Crippen LogP contribution in [0.25, 0.3) is 22.0 Å². The number of aromatic nitrogens is 1. The SMILES string of the molecule is COC(=O)c1ccnc2ccc(-c3ccc(OCCCN4CCN(C(=O)OC(C)(C)C)CC4)cc3)cc12. The Morgan fingerprint density at radius 2 is 1.65 bits per heavy atom. The van der Waals surface area contributed by atoms with Crippen molar-refractivity contribution in [1.82, 2.24) is 14.8 Å². The number of hydrogen-bond donors (Lipinski definition) is 0. The fourth-order valence-electron chi connectivity index (χ4n) is 4.32. The van der Waals surface area contributed by atoms with Crippen LogP contribution in [0.1, 0.15) is 37.6 Å². The first-order valence-electron chi connectivity index (χ1n) is 12.6. The molecule has 0 bridgehead atoms. The zero-order chi connectivity index (χ0) is 26.4. The minimum atomic E-state index is -0.468. The maximum Gasteiger partial charge on any atom is 0.410 e. The minimum Gasteiger partial charge on any atom is -0.494 e. The van der Waals surface area contributed by atoms with Gasteiger partial charge in [-0.2, -0.15) is 0 Å². The summed E-state index contributed by atoms with van der Waals surface area (Å²) in [4.78, 5) is 32.8. The zero-order valence-corrected chi connectivity index (χ0v) is 22.0. The topological polar surface area (TPSA) is 81.2 Å². The highest BCUT2D eigenvalue weighted by molar-refractivity contribution is 6.04. The van der Waals surface area contributed by atoms with Crippen LogP contribution in [-0.4, -0.2) is 78.9 Å². The molecule has 0 unspecified atom stereocenters. The van der Waals surface area contributed by atoms with Crippen LogP contribution in [0.5, 0.6) is 5.75 Å². The van der Waals surface area contributed by atoms with Crippen LogP contribution < -0.4 is 4.74 Å². The van der Waals surface area contributed by atoms with Gasteiger partial charge in [-0.15, -0.1) is 0 Å². The molecule has 37 heavy (non-hydrogen) atoms. The van der Waals surface area contributed by atoms with Crippen molar-refractivity contribution in [3.8, 4) is 16.9 Å². The molecular weight excluding hydrogens is 470 g/mol. The summed E-state index contributed by atoms with van der Waals surface area (Å²) in [6, 6.07) is 15.5. The Hall–Kier alpha value is -3.65.